The van der Waals surface area contributed by atoms with E-state index in [2.05, 4.69) is 18.8 Å². The average molecular weight is 256 g/mol. The van der Waals surface area contributed by atoms with Crippen molar-refractivity contribution in [2.75, 3.05) is 13.1 Å². The lowest BCUT2D eigenvalue weighted by Gasteiger charge is -2.15. The molecule has 0 radical (unpaired) electrons. The maximum absolute atomic E-state index is 10.4. The zero-order valence-corrected chi connectivity index (χ0v) is 11.3. The fourth-order valence-corrected chi connectivity index (χ4v) is 2.56. The average Bonchev–Trinajstić information content (AvgIpc) is 2.70. The van der Waals surface area contributed by atoms with Gasteiger partial charge in [0.05, 0.1) is 18.8 Å². The summed E-state index contributed by atoms with van der Waals surface area (Å²) >= 11 is 1.55. The molecule has 0 aliphatic carbocycles. The first kappa shape index (κ1) is 14.1. The molecule has 0 spiro atoms. The lowest BCUT2D eigenvalue weighted by molar-refractivity contribution is -0.912. The molecule has 1 atom stereocenters. The fraction of sp³-hybridized carbons (Fsp3) is 0.667. The van der Waals surface area contributed by atoms with Gasteiger partial charge in [0.1, 0.15) is 11.6 Å². The van der Waals surface area contributed by atoms with Gasteiger partial charge in [0.2, 0.25) is 0 Å². The number of carboxylic acid groups (broad SMARTS) is 1. The summed E-state index contributed by atoms with van der Waals surface area (Å²) in [6.07, 6.45) is 2.35. The first-order chi connectivity index (χ1) is 8.15. The van der Waals surface area contributed by atoms with Gasteiger partial charge < -0.3 is 14.8 Å². The molecule has 1 aromatic rings. The SMILES string of the molecule is CCCC[NH+](CC)Cc1nc(CC(=O)[O-])cs1. The molecule has 1 unspecified atom stereocenters. The number of aliphatic carboxylic acids is 1. The van der Waals surface area contributed by atoms with Gasteiger partial charge in [-0.3, -0.25) is 0 Å². The predicted octanol–water partition coefficient (Wildman–Crippen LogP) is -0.360. The van der Waals surface area contributed by atoms with Crippen LogP contribution in [0, 0.1) is 0 Å². The molecule has 0 amide bonds. The summed E-state index contributed by atoms with van der Waals surface area (Å²) in [6, 6.07) is 0. The Bertz CT molecular complexity index is 352. The number of aromatic nitrogens is 1. The minimum Gasteiger partial charge on any atom is -0.550 e. The Morgan fingerprint density at radius 2 is 2.29 bits per heavy atom. The summed E-state index contributed by atoms with van der Waals surface area (Å²) in [5.74, 6) is -1.06. The summed E-state index contributed by atoms with van der Waals surface area (Å²) in [6.45, 7) is 7.49. The van der Waals surface area contributed by atoms with Gasteiger partial charge in [-0.25, -0.2) is 4.98 Å². The third-order valence-corrected chi connectivity index (χ3v) is 3.61. The summed E-state index contributed by atoms with van der Waals surface area (Å²) in [5, 5.41) is 13.3. The molecule has 1 rings (SSSR count). The minimum atomic E-state index is -1.06. The fourth-order valence-electron chi connectivity index (χ4n) is 1.69. The Morgan fingerprint density at radius 1 is 1.53 bits per heavy atom. The molecule has 0 saturated heterocycles. The van der Waals surface area contributed by atoms with E-state index in [1.807, 2.05) is 5.38 Å². The van der Waals surface area contributed by atoms with Crippen molar-refractivity contribution in [1.82, 2.24) is 4.98 Å². The molecule has 0 bridgehead atoms. The van der Waals surface area contributed by atoms with Crippen molar-refractivity contribution in [1.29, 1.82) is 0 Å². The smallest absolute Gasteiger partial charge is 0.147 e. The number of hydrogen-bond donors (Lipinski definition) is 1. The number of hydrogen-bond acceptors (Lipinski definition) is 4. The highest BCUT2D eigenvalue weighted by atomic mass is 32.1. The number of nitrogens with one attached hydrogen (secondary N) is 1. The number of carboxylic acids is 1. The number of carbonyl (C=O) groups is 1. The van der Waals surface area contributed by atoms with Crippen molar-refractivity contribution in [3.8, 4) is 0 Å². The van der Waals surface area contributed by atoms with Crippen LogP contribution in [0.3, 0.4) is 0 Å². The van der Waals surface area contributed by atoms with Crippen molar-refractivity contribution in [3.63, 3.8) is 0 Å². The van der Waals surface area contributed by atoms with E-state index in [0.717, 1.165) is 24.6 Å². The largest absolute Gasteiger partial charge is 0.550 e. The van der Waals surface area contributed by atoms with Crippen LogP contribution in [-0.2, 0) is 17.8 Å². The molecule has 0 aromatic carbocycles. The predicted molar refractivity (Wildman–Crippen MR) is 65.8 cm³/mol. The summed E-state index contributed by atoms with van der Waals surface area (Å²) in [7, 11) is 0. The normalized spacial score (nSPS) is 12.6. The molecular formula is C12H20N2O2S. The number of nitrogens with zero attached hydrogens (tertiary/aromatic N) is 1. The molecule has 0 saturated carbocycles. The Hall–Kier alpha value is -0.940. The van der Waals surface area contributed by atoms with E-state index in [-0.39, 0.29) is 6.42 Å². The van der Waals surface area contributed by atoms with Crippen LogP contribution in [0.2, 0.25) is 0 Å². The zero-order valence-electron chi connectivity index (χ0n) is 10.5. The van der Waals surface area contributed by atoms with E-state index in [4.69, 9.17) is 0 Å². The summed E-state index contributed by atoms with van der Waals surface area (Å²) in [5.41, 5.74) is 0.621. The Morgan fingerprint density at radius 3 is 2.88 bits per heavy atom. The standard InChI is InChI=1S/C12H20N2O2S/c1-3-5-6-14(4-2)8-11-13-10(9-17-11)7-12(15)16/h9H,3-8H2,1-2H3,(H,15,16). The molecule has 96 valence electrons. The van der Waals surface area contributed by atoms with Crippen molar-refractivity contribution in [2.45, 2.75) is 39.7 Å². The second kappa shape index (κ2) is 7.40. The summed E-state index contributed by atoms with van der Waals surface area (Å²) < 4.78 is 0. The van der Waals surface area contributed by atoms with Crippen LogP contribution >= 0.6 is 11.3 Å². The molecule has 5 heteroatoms. The molecule has 0 fully saturated rings. The number of unbranched alkanes of at least 4 members (excludes halogenated alkanes) is 1. The van der Waals surface area contributed by atoms with Gasteiger partial charge in [-0.05, 0) is 13.3 Å². The van der Waals surface area contributed by atoms with E-state index < -0.39 is 5.97 Å². The molecule has 1 heterocycles. The zero-order chi connectivity index (χ0) is 12.7. The Labute approximate surface area is 106 Å². The molecule has 17 heavy (non-hydrogen) atoms. The molecule has 1 N–H and O–H groups in total. The quantitative estimate of drug-likeness (QED) is 0.691. The topological polar surface area (TPSA) is 57.5 Å². The first-order valence-electron chi connectivity index (χ1n) is 6.12. The third-order valence-electron chi connectivity index (χ3n) is 2.71. The van der Waals surface area contributed by atoms with E-state index in [1.165, 1.54) is 17.7 Å². The number of quaternary nitrogens is 1. The van der Waals surface area contributed by atoms with Gasteiger partial charge >= 0.3 is 0 Å². The minimum absolute atomic E-state index is 0.0765. The highest BCUT2D eigenvalue weighted by Gasteiger charge is 2.10. The molecule has 1 aromatic heterocycles. The van der Waals surface area contributed by atoms with E-state index in [1.54, 1.807) is 11.3 Å². The second-order valence-corrected chi connectivity index (χ2v) is 5.11. The van der Waals surface area contributed by atoms with Gasteiger partial charge in [-0.2, -0.15) is 0 Å². The Balaban J connectivity index is 2.48. The lowest BCUT2D eigenvalue weighted by atomic mass is 10.3. The van der Waals surface area contributed by atoms with Crippen LogP contribution in [0.1, 0.15) is 37.4 Å². The van der Waals surface area contributed by atoms with Crippen LogP contribution in [0.5, 0.6) is 0 Å². The van der Waals surface area contributed by atoms with Crippen molar-refractivity contribution < 1.29 is 14.8 Å². The van der Waals surface area contributed by atoms with Gasteiger partial charge in [0.25, 0.3) is 0 Å². The van der Waals surface area contributed by atoms with Crippen LogP contribution in [0.25, 0.3) is 0 Å². The Kier molecular flexibility index (Phi) is 6.15. The van der Waals surface area contributed by atoms with Crippen LogP contribution in [0.4, 0.5) is 0 Å². The van der Waals surface area contributed by atoms with Gasteiger partial charge in [-0.15, -0.1) is 11.3 Å². The van der Waals surface area contributed by atoms with Gasteiger partial charge in [0, 0.05) is 17.8 Å². The van der Waals surface area contributed by atoms with Crippen molar-refractivity contribution in [3.05, 3.63) is 16.1 Å². The maximum Gasteiger partial charge on any atom is 0.147 e. The number of thiazole rings is 1. The third kappa shape index (κ3) is 5.28. The van der Waals surface area contributed by atoms with E-state index >= 15 is 0 Å². The molecular weight excluding hydrogens is 236 g/mol. The summed E-state index contributed by atoms with van der Waals surface area (Å²) in [4.78, 5) is 16.3. The second-order valence-electron chi connectivity index (χ2n) is 4.17. The highest BCUT2D eigenvalue weighted by Crippen LogP contribution is 2.08. The van der Waals surface area contributed by atoms with Crippen LogP contribution in [0.15, 0.2) is 5.38 Å². The number of rotatable bonds is 8. The lowest BCUT2D eigenvalue weighted by Crippen LogP contribution is -3.10. The van der Waals surface area contributed by atoms with Crippen molar-refractivity contribution in [2.24, 2.45) is 0 Å². The molecule has 4 nitrogen and oxygen atoms in total. The highest BCUT2D eigenvalue weighted by molar-refractivity contribution is 7.09. The number of carbonyl (C=O) groups excluding carboxylic acids is 1. The molecule has 0 aliphatic rings. The van der Waals surface area contributed by atoms with Gasteiger partial charge in [-0.1, -0.05) is 13.3 Å². The monoisotopic (exact) mass is 256 g/mol. The van der Waals surface area contributed by atoms with Crippen LogP contribution in [-0.4, -0.2) is 24.0 Å². The van der Waals surface area contributed by atoms with E-state index in [9.17, 15) is 9.90 Å². The van der Waals surface area contributed by atoms with Crippen LogP contribution < -0.4 is 10.0 Å². The maximum atomic E-state index is 10.4. The van der Waals surface area contributed by atoms with E-state index in [0.29, 0.717) is 5.69 Å². The van der Waals surface area contributed by atoms with Crippen molar-refractivity contribution >= 4 is 17.3 Å². The molecule has 0 aliphatic heterocycles. The first-order valence-corrected chi connectivity index (χ1v) is 7.00. The van der Waals surface area contributed by atoms with Gasteiger partial charge in [0.15, 0.2) is 0 Å².